The van der Waals surface area contributed by atoms with Gasteiger partial charge in [0.2, 0.25) is 0 Å². The first-order chi connectivity index (χ1) is 5.45. The summed E-state index contributed by atoms with van der Waals surface area (Å²) in [6, 6.07) is 0.488. The standard InChI is InChI=1S/C10H23N2.2HI/c1-6-8-11-10(2)7-9-12(3,4)5;;/h8,10H,6-7,9H2,1-5H3;2*1H/q+1;;/p-1. The summed E-state index contributed by atoms with van der Waals surface area (Å²) in [5.74, 6) is 0. The molecule has 0 aliphatic heterocycles. The fraction of sp³-hybridized carbons (Fsp3) is 0.900. The zero-order valence-corrected chi connectivity index (χ0v) is 14.4. The lowest BCUT2D eigenvalue weighted by Crippen LogP contribution is -3.00. The van der Waals surface area contributed by atoms with Gasteiger partial charge in [0, 0.05) is 6.42 Å². The van der Waals surface area contributed by atoms with Crippen molar-refractivity contribution in [2.75, 3.05) is 27.7 Å². The Morgan fingerprint density at radius 1 is 1.29 bits per heavy atom. The molecule has 0 fully saturated rings. The maximum Gasteiger partial charge on any atom is 0.0801 e. The number of halogens is 2. The summed E-state index contributed by atoms with van der Waals surface area (Å²) < 4.78 is 1.03. The minimum absolute atomic E-state index is 0. The van der Waals surface area contributed by atoms with Crippen LogP contribution in [0.15, 0.2) is 4.99 Å². The molecular weight excluding hydrogens is 402 g/mol. The Morgan fingerprint density at radius 3 is 2.14 bits per heavy atom. The second-order valence-electron chi connectivity index (χ2n) is 4.39. The van der Waals surface area contributed by atoms with Crippen LogP contribution in [0.25, 0.3) is 0 Å². The summed E-state index contributed by atoms with van der Waals surface area (Å²) in [6.45, 7) is 5.50. The second kappa shape index (κ2) is 10.6. The average molecular weight is 426 g/mol. The van der Waals surface area contributed by atoms with Crippen molar-refractivity contribution >= 4 is 30.2 Å². The van der Waals surface area contributed by atoms with Crippen LogP contribution in [0.5, 0.6) is 0 Å². The molecule has 0 rings (SSSR count). The smallest absolute Gasteiger partial charge is 0.0801 e. The number of hydrogen-bond donors (Lipinski definition) is 0. The van der Waals surface area contributed by atoms with E-state index in [0.29, 0.717) is 6.04 Å². The Labute approximate surface area is 123 Å². The molecule has 0 aromatic rings. The molecule has 0 aliphatic rings. The molecule has 4 heteroatoms. The quantitative estimate of drug-likeness (QED) is 0.322. The first-order valence-electron chi connectivity index (χ1n) is 4.78. The van der Waals surface area contributed by atoms with Gasteiger partial charge >= 0.3 is 0 Å². The first-order valence-corrected chi connectivity index (χ1v) is 4.78. The van der Waals surface area contributed by atoms with Crippen molar-refractivity contribution in [2.45, 2.75) is 32.7 Å². The minimum Gasteiger partial charge on any atom is -1.00 e. The van der Waals surface area contributed by atoms with Gasteiger partial charge in [-0.3, -0.25) is 4.99 Å². The van der Waals surface area contributed by atoms with E-state index in [1.807, 2.05) is 6.21 Å². The van der Waals surface area contributed by atoms with Crippen LogP contribution in [0.2, 0.25) is 0 Å². The highest BCUT2D eigenvalue weighted by molar-refractivity contribution is 14.0. The highest BCUT2D eigenvalue weighted by Crippen LogP contribution is 2.01. The molecule has 0 N–H and O–H groups in total. The highest BCUT2D eigenvalue weighted by atomic mass is 127. The third kappa shape index (κ3) is 15.6. The molecule has 0 spiro atoms. The zero-order valence-electron chi connectivity index (χ0n) is 9.96. The van der Waals surface area contributed by atoms with Crippen LogP contribution in [-0.2, 0) is 0 Å². The van der Waals surface area contributed by atoms with Crippen LogP contribution in [-0.4, -0.2) is 44.4 Å². The fourth-order valence-corrected chi connectivity index (χ4v) is 0.934. The number of aliphatic imine (C=N–C) groups is 1. The second-order valence-corrected chi connectivity index (χ2v) is 4.39. The SMILES string of the molecule is CCC=NC(C)CC[N+](C)(C)C.I.[I-]. The summed E-state index contributed by atoms with van der Waals surface area (Å²) >= 11 is 0. The summed E-state index contributed by atoms with van der Waals surface area (Å²) in [5, 5.41) is 0. The van der Waals surface area contributed by atoms with E-state index in [1.165, 1.54) is 13.0 Å². The summed E-state index contributed by atoms with van der Waals surface area (Å²) in [4.78, 5) is 4.41. The van der Waals surface area contributed by atoms with E-state index < -0.39 is 0 Å². The van der Waals surface area contributed by atoms with Gasteiger partial charge in [-0.25, -0.2) is 0 Å². The van der Waals surface area contributed by atoms with Crippen LogP contribution in [0.1, 0.15) is 26.7 Å². The molecule has 14 heavy (non-hydrogen) atoms. The van der Waals surface area contributed by atoms with E-state index in [1.54, 1.807) is 0 Å². The molecule has 0 aromatic heterocycles. The number of rotatable bonds is 5. The van der Waals surface area contributed by atoms with Gasteiger partial charge in [-0.15, -0.1) is 24.0 Å². The van der Waals surface area contributed by atoms with Crippen molar-refractivity contribution in [3.05, 3.63) is 0 Å². The van der Waals surface area contributed by atoms with E-state index in [2.05, 4.69) is 40.0 Å². The van der Waals surface area contributed by atoms with Gasteiger partial charge in [0.05, 0.1) is 33.7 Å². The van der Waals surface area contributed by atoms with Gasteiger partial charge < -0.3 is 28.5 Å². The number of nitrogens with zero attached hydrogens (tertiary/aromatic N) is 2. The van der Waals surface area contributed by atoms with Crippen LogP contribution in [0.4, 0.5) is 0 Å². The predicted molar refractivity (Wildman–Crippen MR) is 71.2 cm³/mol. The lowest BCUT2D eigenvalue weighted by Gasteiger charge is -2.24. The third-order valence-electron chi connectivity index (χ3n) is 1.76. The molecule has 1 unspecified atom stereocenters. The minimum atomic E-state index is 0. The molecule has 0 radical (unpaired) electrons. The molecule has 0 bridgehead atoms. The van der Waals surface area contributed by atoms with Gasteiger partial charge in [-0.05, 0) is 19.6 Å². The number of quaternary nitrogens is 1. The summed E-state index contributed by atoms with van der Waals surface area (Å²) in [7, 11) is 6.66. The Bertz CT molecular complexity index is 142. The molecule has 0 saturated heterocycles. The number of hydrogen-bond acceptors (Lipinski definition) is 1. The Morgan fingerprint density at radius 2 is 1.79 bits per heavy atom. The molecule has 0 aliphatic carbocycles. The molecule has 0 saturated carbocycles. The van der Waals surface area contributed by atoms with Crippen molar-refractivity contribution in [1.29, 1.82) is 0 Å². The van der Waals surface area contributed by atoms with Crippen molar-refractivity contribution in [2.24, 2.45) is 4.99 Å². The zero-order chi connectivity index (χ0) is 9.61. The maximum absolute atomic E-state index is 4.41. The van der Waals surface area contributed by atoms with Crippen LogP contribution >= 0.6 is 24.0 Å². The van der Waals surface area contributed by atoms with Gasteiger partial charge in [0.25, 0.3) is 0 Å². The van der Waals surface area contributed by atoms with Gasteiger partial charge in [-0.2, -0.15) is 0 Å². The molecule has 1 atom stereocenters. The third-order valence-corrected chi connectivity index (χ3v) is 1.76. The Balaban J connectivity index is -0.000000605. The summed E-state index contributed by atoms with van der Waals surface area (Å²) in [6.07, 6.45) is 4.25. The lowest BCUT2D eigenvalue weighted by atomic mass is 10.2. The Kier molecular flexibility index (Phi) is 15.5. The molecule has 2 nitrogen and oxygen atoms in total. The molecule has 0 amide bonds. The largest absolute Gasteiger partial charge is 1.00 e. The maximum atomic E-state index is 4.41. The highest BCUT2D eigenvalue weighted by Gasteiger charge is 2.08. The predicted octanol–water partition coefficient (Wildman–Crippen LogP) is -0.426. The van der Waals surface area contributed by atoms with E-state index in [0.717, 1.165) is 10.9 Å². The van der Waals surface area contributed by atoms with Crippen molar-refractivity contribution < 1.29 is 28.5 Å². The van der Waals surface area contributed by atoms with E-state index in [9.17, 15) is 0 Å². The molecule has 0 aromatic carbocycles. The topological polar surface area (TPSA) is 12.4 Å². The van der Waals surface area contributed by atoms with E-state index >= 15 is 0 Å². The monoisotopic (exact) mass is 426 g/mol. The summed E-state index contributed by atoms with van der Waals surface area (Å²) in [5.41, 5.74) is 0. The van der Waals surface area contributed by atoms with Gasteiger partial charge in [-0.1, -0.05) is 6.92 Å². The van der Waals surface area contributed by atoms with E-state index in [4.69, 9.17) is 0 Å². The van der Waals surface area contributed by atoms with E-state index in [-0.39, 0.29) is 48.0 Å². The fourth-order valence-electron chi connectivity index (χ4n) is 0.934. The van der Waals surface area contributed by atoms with Crippen LogP contribution < -0.4 is 24.0 Å². The van der Waals surface area contributed by atoms with Crippen molar-refractivity contribution in [3.8, 4) is 0 Å². The average Bonchev–Trinajstić information content (AvgIpc) is 1.95. The van der Waals surface area contributed by atoms with Crippen LogP contribution in [0.3, 0.4) is 0 Å². The molecule has 0 heterocycles. The van der Waals surface area contributed by atoms with Crippen molar-refractivity contribution in [3.63, 3.8) is 0 Å². The molecule has 88 valence electrons. The van der Waals surface area contributed by atoms with Crippen molar-refractivity contribution in [1.82, 2.24) is 0 Å². The first kappa shape index (κ1) is 20.5. The lowest BCUT2D eigenvalue weighted by molar-refractivity contribution is -0.870. The van der Waals surface area contributed by atoms with Gasteiger partial charge in [0.1, 0.15) is 0 Å². The Hall–Kier alpha value is 1.09. The normalized spacial score (nSPS) is 13.2. The van der Waals surface area contributed by atoms with Crippen LogP contribution in [0, 0.1) is 0 Å². The van der Waals surface area contributed by atoms with Gasteiger partial charge in [0.15, 0.2) is 0 Å². The molecular formula is C10H24I2N2.